The molecule has 0 spiro atoms. The number of ether oxygens (including phenoxy) is 1. The number of methoxy groups -OCH3 is 1. The van der Waals surface area contributed by atoms with E-state index in [1.54, 1.807) is 7.11 Å². The van der Waals surface area contributed by atoms with Crippen LogP contribution < -0.4 is 19.9 Å². The van der Waals surface area contributed by atoms with Crippen molar-refractivity contribution in [3.05, 3.63) is 54.1 Å². The number of anilines is 2. The van der Waals surface area contributed by atoms with Crippen molar-refractivity contribution < 1.29 is 14.4 Å². The molecule has 0 aliphatic carbocycles. The monoisotopic (exact) mass is 382 g/mol. The van der Waals surface area contributed by atoms with Gasteiger partial charge in [-0.15, -0.1) is 0 Å². The maximum Gasteiger partial charge on any atom is 0.282 e. The van der Waals surface area contributed by atoms with Gasteiger partial charge in [0.05, 0.1) is 33.3 Å². The van der Waals surface area contributed by atoms with E-state index in [9.17, 15) is 4.79 Å². The molecule has 2 aromatic carbocycles. The van der Waals surface area contributed by atoms with Gasteiger partial charge in [0.1, 0.15) is 5.75 Å². The molecule has 1 heterocycles. The molecule has 1 amide bonds. The van der Waals surface area contributed by atoms with Crippen LogP contribution in [0.3, 0.4) is 0 Å². The first kappa shape index (κ1) is 20.2. The molecule has 1 atom stereocenters. The van der Waals surface area contributed by atoms with Gasteiger partial charge in [0.15, 0.2) is 6.04 Å². The Bertz CT molecular complexity index is 781. The van der Waals surface area contributed by atoms with Crippen molar-refractivity contribution in [1.29, 1.82) is 0 Å². The number of rotatable bonds is 6. The van der Waals surface area contributed by atoms with E-state index in [0.29, 0.717) is 5.92 Å². The number of amides is 1. The minimum absolute atomic E-state index is 0.0720. The third-order valence-corrected chi connectivity index (χ3v) is 5.67. The maximum absolute atomic E-state index is 12.7. The zero-order chi connectivity index (χ0) is 20.1. The topological polar surface area (TPSA) is 46.0 Å². The van der Waals surface area contributed by atoms with Crippen molar-refractivity contribution in [2.24, 2.45) is 0 Å². The largest absolute Gasteiger partial charge is 0.497 e. The molecule has 150 valence electrons. The molecular formula is C23H32N3O2+. The molecule has 0 radical (unpaired) electrons. The summed E-state index contributed by atoms with van der Waals surface area (Å²) in [7, 11) is 1.69. The number of carbonyl (C=O) groups is 1. The number of nitrogens with one attached hydrogen (secondary N) is 2. The predicted molar refractivity (Wildman–Crippen MR) is 115 cm³/mol. The van der Waals surface area contributed by atoms with Crippen LogP contribution in [0.5, 0.6) is 5.75 Å². The van der Waals surface area contributed by atoms with E-state index in [1.807, 2.05) is 31.2 Å². The number of nitrogens with zero attached hydrogens (tertiary/aromatic N) is 1. The Kier molecular flexibility index (Phi) is 6.57. The highest BCUT2D eigenvalue weighted by Gasteiger charge is 2.29. The van der Waals surface area contributed by atoms with E-state index in [-0.39, 0.29) is 11.9 Å². The second-order valence-corrected chi connectivity index (χ2v) is 7.83. The summed E-state index contributed by atoms with van der Waals surface area (Å²) in [6, 6.07) is 16.3. The fourth-order valence-electron chi connectivity index (χ4n) is 3.68. The first-order chi connectivity index (χ1) is 13.5. The minimum atomic E-state index is -0.0720. The quantitative estimate of drug-likeness (QED) is 0.807. The van der Waals surface area contributed by atoms with E-state index >= 15 is 0 Å². The zero-order valence-electron chi connectivity index (χ0n) is 17.4. The lowest BCUT2D eigenvalue weighted by molar-refractivity contribution is -0.914. The van der Waals surface area contributed by atoms with Gasteiger partial charge in [-0.2, -0.15) is 0 Å². The summed E-state index contributed by atoms with van der Waals surface area (Å²) in [6.07, 6.45) is 0. The molecule has 1 aliphatic heterocycles. The Morgan fingerprint density at radius 3 is 2.36 bits per heavy atom. The smallest absolute Gasteiger partial charge is 0.282 e. The van der Waals surface area contributed by atoms with Gasteiger partial charge < -0.3 is 19.9 Å². The summed E-state index contributed by atoms with van der Waals surface area (Å²) in [4.78, 5) is 16.4. The van der Waals surface area contributed by atoms with Crippen molar-refractivity contribution in [2.45, 2.75) is 32.7 Å². The molecule has 1 aliphatic rings. The lowest BCUT2D eigenvalue weighted by Crippen LogP contribution is -3.19. The van der Waals surface area contributed by atoms with Gasteiger partial charge >= 0.3 is 0 Å². The van der Waals surface area contributed by atoms with Crippen LogP contribution in [0.1, 0.15) is 32.3 Å². The number of piperazine rings is 1. The van der Waals surface area contributed by atoms with Gasteiger partial charge in [-0.05, 0) is 42.7 Å². The number of carbonyl (C=O) groups excluding carboxylic acids is 1. The van der Waals surface area contributed by atoms with Crippen LogP contribution in [0.15, 0.2) is 48.5 Å². The fourth-order valence-corrected chi connectivity index (χ4v) is 3.68. The van der Waals surface area contributed by atoms with Crippen LogP contribution in [0.4, 0.5) is 11.4 Å². The first-order valence-corrected chi connectivity index (χ1v) is 10.1. The molecule has 1 fully saturated rings. The summed E-state index contributed by atoms with van der Waals surface area (Å²) in [5.74, 6) is 1.46. The minimum Gasteiger partial charge on any atom is -0.497 e. The third kappa shape index (κ3) is 4.84. The van der Waals surface area contributed by atoms with E-state index in [0.717, 1.165) is 37.6 Å². The van der Waals surface area contributed by atoms with Crippen LogP contribution in [0.2, 0.25) is 0 Å². The molecular weight excluding hydrogens is 350 g/mol. The van der Waals surface area contributed by atoms with Crippen molar-refractivity contribution in [3.8, 4) is 5.75 Å². The Balaban J connectivity index is 1.53. The average molecular weight is 383 g/mol. The Labute approximate surface area is 168 Å². The normalized spacial score (nSPS) is 16.1. The van der Waals surface area contributed by atoms with Crippen LogP contribution in [-0.4, -0.2) is 45.2 Å². The van der Waals surface area contributed by atoms with Crippen molar-refractivity contribution in [1.82, 2.24) is 0 Å². The SMILES string of the molecule is COc1cccc(N2CC[NH+]([C@@H](C)C(=O)Nc3ccc(C(C)C)cc3)CC2)c1. The lowest BCUT2D eigenvalue weighted by atomic mass is 10.0. The third-order valence-electron chi connectivity index (χ3n) is 5.67. The van der Waals surface area contributed by atoms with Gasteiger partial charge in [-0.3, -0.25) is 4.79 Å². The summed E-state index contributed by atoms with van der Waals surface area (Å²) in [6.45, 7) is 10.1. The maximum atomic E-state index is 12.7. The summed E-state index contributed by atoms with van der Waals surface area (Å²) < 4.78 is 5.33. The molecule has 3 rings (SSSR count). The summed E-state index contributed by atoms with van der Waals surface area (Å²) in [5.41, 5.74) is 3.33. The number of hydrogen-bond acceptors (Lipinski definition) is 3. The van der Waals surface area contributed by atoms with E-state index < -0.39 is 0 Å². The molecule has 5 nitrogen and oxygen atoms in total. The highest BCUT2D eigenvalue weighted by molar-refractivity contribution is 5.93. The van der Waals surface area contributed by atoms with Crippen molar-refractivity contribution in [3.63, 3.8) is 0 Å². The molecule has 2 aromatic rings. The van der Waals surface area contributed by atoms with Gasteiger partial charge in [-0.1, -0.05) is 32.0 Å². The van der Waals surface area contributed by atoms with E-state index in [4.69, 9.17) is 4.74 Å². The van der Waals surface area contributed by atoms with Gasteiger partial charge in [-0.25, -0.2) is 0 Å². The van der Waals surface area contributed by atoms with Crippen LogP contribution in [0, 0.1) is 0 Å². The molecule has 0 aromatic heterocycles. The Morgan fingerprint density at radius 2 is 1.75 bits per heavy atom. The molecule has 0 bridgehead atoms. The molecule has 28 heavy (non-hydrogen) atoms. The van der Waals surface area contributed by atoms with Gasteiger partial charge in [0, 0.05) is 17.4 Å². The standard InChI is InChI=1S/C23H31N3O2/c1-17(2)19-8-10-20(11-9-19)24-23(27)18(3)25-12-14-26(15-13-25)21-6-5-7-22(16-21)28-4/h5-11,16-18H,12-15H2,1-4H3,(H,24,27)/p+1/t18-/m0/s1. The van der Waals surface area contributed by atoms with Crippen LogP contribution in [-0.2, 0) is 4.79 Å². The van der Waals surface area contributed by atoms with E-state index in [2.05, 4.69) is 48.3 Å². The number of hydrogen-bond donors (Lipinski definition) is 2. The van der Waals surface area contributed by atoms with Crippen LogP contribution in [0.25, 0.3) is 0 Å². The molecule has 0 saturated carbocycles. The highest BCUT2D eigenvalue weighted by atomic mass is 16.5. The number of benzene rings is 2. The van der Waals surface area contributed by atoms with Crippen molar-refractivity contribution in [2.75, 3.05) is 43.5 Å². The Hall–Kier alpha value is -2.53. The second kappa shape index (κ2) is 9.11. The van der Waals surface area contributed by atoms with Gasteiger partial charge in [0.2, 0.25) is 0 Å². The molecule has 0 unspecified atom stereocenters. The van der Waals surface area contributed by atoms with Crippen LogP contribution >= 0.6 is 0 Å². The second-order valence-electron chi connectivity index (χ2n) is 7.83. The highest BCUT2D eigenvalue weighted by Crippen LogP contribution is 2.21. The number of quaternary nitrogens is 1. The lowest BCUT2D eigenvalue weighted by Gasteiger charge is -2.36. The molecule has 5 heteroatoms. The fraction of sp³-hybridized carbons (Fsp3) is 0.435. The zero-order valence-corrected chi connectivity index (χ0v) is 17.4. The van der Waals surface area contributed by atoms with Gasteiger partial charge in [0.25, 0.3) is 5.91 Å². The van der Waals surface area contributed by atoms with Crippen molar-refractivity contribution >= 4 is 17.3 Å². The van der Waals surface area contributed by atoms with E-state index in [1.165, 1.54) is 16.2 Å². The summed E-state index contributed by atoms with van der Waals surface area (Å²) >= 11 is 0. The average Bonchev–Trinajstić information content (AvgIpc) is 2.73. The summed E-state index contributed by atoms with van der Waals surface area (Å²) in [5, 5.41) is 3.07. The Morgan fingerprint density at radius 1 is 1.07 bits per heavy atom. The first-order valence-electron chi connectivity index (χ1n) is 10.1. The molecule has 1 saturated heterocycles. The predicted octanol–water partition coefficient (Wildman–Crippen LogP) is 2.55. The molecule has 2 N–H and O–H groups in total.